The molecule has 0 bridgehead atoms. The molecule has 0 N–H and O–H groups in total. The number of ether oxygens (including phenoxy) is 2. The van der Waals surface area contributed by atoms with Crippen molar-refractivity contribution in [3.8, 4) is 11.5 Å². The minimum atomic E-state index is 0.619. The van der Waals surface area contributed by atoms with Crippen molar-refractivity contribution in [1.29, 1.82) is 0 Å². The van der Waals surface area contributed by atoms with Gasteiger partial charge in [0.25, 0.3) is 0 Å². The third-order valence-electron chi connectivity index (χ3n) is 2.67. The Bertz CT molecular complexity index is 327. The van der Waals surface area contributed by atoms with Crippen molar-refractivity contribution in [3.05, 3.63) is 36.4 Å². The number of hydrogen-bond donors (Lipinski definition) is 0. The van der Waals surface area contributed by atoms with Gasteiger partial charge in [-0.05, 0) is 37.6 Å². The van der Waals surface area contributed by atoms with Crippen LogP contribution in [0.15, 0.2) is 36.4 Å². The zero-order valence-electron chi connectivity index (χ0n) is 11.5. The van der Waals surface area contributed by atoms with E-state index < -0.39 is 0 Å². The van der Waals surface area contributed by atoms with E-state index in [9.17, 15) is 0 Å². The lowest BCUT2D eigenvalue weighted by Crippen LogP contribution is -1.97. The topological polar surface area (TPSA) is 18.5 Å². The summed E-state index contributed by atoms with van der Waals surface area (Å²) in [6.07, 6.45) is 8.90. The Morgan fingerprint density at radius 1 is 0.944 bits per heavy atom. The van der Waals surface area contributed by atoms with E-state index >= 15 is 0 Å². The number of benzene rings is 1. The van der Waals surface area contributed by atoms with Crippen LogP contribution >= 0.6 is 0 Å². The van der Waals surface area contributed by atoms with Crippen molar-refractivity contribution in [2.45, 2.75) is 39.5 Å². The maximum atomic E-state index is 5.66. The average molecular weight is 248 g/mol. The molecule has 0 saturated heterocycles. The first-order valence-corrected chi connectivity index (χ1v) is 6.83. The third-order valence-corrected chi connectivity index (χ3v) is 2.67. The van der Waals surface area contributed by atoms with E-state index in [1.807, 2.05) is 43.3 Å². The average Bonchev–Trinajstić information content (AvgIpc) is 2.40. The summed E-state index contributed by atoms with van der Waals surface area (Å²) in [4.78, 5) is 0. The van der Waals surface area contributed by atoms with E-state index in [-0.39, 0.29) is 0 Å². The second kappa shape index (κ2) is 9.58. The van der Waals surface area contributed by atoms with Crippen molar-refractivity contribution >= 4 is 0 Å². The van der Waals surface area contributed by atoms with Crippen LogP contribution in [0, 0.1) is 0 Å². The van der Waals surface area contributed by atoms with Crippen LogP contribution in [-0.4, -0.2) is 13.2 Å². The number of hydrogen-bond acceptors (Lipinski definition) is 2. The molecule has 0 aliphatic heterocycles. The van der Waals surface area contributed by atoms with Gasteiger partial charge in [0.2, 0.25) is 0 Å². The molecule has 1 aromatic rings. The first-order chi connectivity index (χ1) is 8.86. The van der Waals surface area contributed by atoms with E-state index in [4.69, 9.17) is 9.47 Å². The standard InChI is InChI=1S/C16H24O2/c1-3-5-7-8-14-18-16-11-9-15(10-12-16)17-13-6-4-2/h4,6,9-12H,3,5,7-8,13-14H2,1-2H3/b6-4-. The van der Waals surface area contributed by atoms with Crippen molar-refractivity contribution in [1.82, 2.24) is 0 Å². The van der Waals surface area contributed by atoms with E-state index in [0.717, 1.165) is 24.5 Å². The van der Waals surface area contributed by atoms with E-state index in [0.29, 0.717) is 6.61 Å². The molecule has 0 saturated carbocycles. The molecule has 0 unspecified atom stereocenters. The van der Waals surface area contributed by atoms with Crippen molar-refractivity contribution < 1.29 is 9.47 Å². The first kappa shape index (κ1) is 14.6. The largest absolute Gasteiger partial charge is 0.494 e. The predicted molar refractivity (Wildman–Crippen MR) is 76.4 cm³/mol. The fraction of sp³-hybridized carbons (Fsp3) is 0.500. The number of allylic oxidation sites excluding steroid dienone is 1. The molecular formula is C16H24O2. The van der Waals surface area contributed by atoms with Crippen LogP contribution in [0.1, 0.15) is 39.5 Å². The summed E-state index contributed by atoms with van der Waals surface area (Å²) in [5, 5.41) is 0. The quantitative estimate of drug-likeness (QED) is 0.469. The summed E-state index contributed by atoms with van der Waals surface area (Å²) in [7, 11) is 0. The second-order valence-electron chi connectivity index (χ2n) is 4.26. The van der Waals surface area contributed by atoms with Gasteiger partial charge in [0.15, 0.2) is 0 Å². The molecule has 0 fully saturated rings. The lowest BCUT2D eigenvalue weighted by atomic mass is 10.2. The van der Waals surface area contributed by atoms with Gasteiger partial charge >= 0.3 is 0 Å². The molecule has 100 valence electrons. The van der Waals surface area contributed by atoms with Gasteiger partial charge in [-0.1, -0.05) is 38.3 Å². The highest BCUT2D eigenvalue weighted by Gasteiger charge is 1.96. The number of rotatable bonds is 9. The molecular weight excluding hydrogens is 224 g/mol. The first-order valence-electron chi connectivity index (χ1n) is 6.83. The Morgan fingerprint density at radius 3 is 2.22 bits per heavy atom. The van der Waals surface area contributed by atoms with Crippen molar-refractivity contribution in [3.63, 3.8) is 0 Å². The Kier molecular flexibility index (Phi) is 7.78. The summed E-state index contributed by atoms with van der Waals surface area (Å²) in [6, 6.07) is 7.82. The van der Waals surface area contributed by atoms with Gasteiger partial charge in [0.05, 0.1) is 6.61 Å². The molecule has 0 radical (unpaired) electrons. The van der Waals surface area contributed by atoms with Gasteiger partial charge in [-0.2, -0.15) is 0 Å². The highest BCUT2D eigenvalue weighted by Crippen LogP contribution is 2.17. The van der Waals surface area contributed by atoms with Gasteiger partial charge < -0.3 is 9.47 Å². The van der Waals surface area contributed by atoms with Crippen molar-refractivity contribution in [2.24, 2.45) is 0 Å². The fourth-order valence-corrected chi connectivity index (χ4v) is 1.59. The highest BCUT2D eigenvalue weighted by atomic mass is 16.5. The summed E-state index contributed by atoms with van der Waals surface area (Å²) >= 11 is 0. The molecule has 1 rings (SSSR count). The van der Waals surface area contributed by atoms with Crippen LogP contribution in [0.3, 0.4) is 0 Å². The van der Waals surface area contributed by atoms with Gasteiger partial charge in [0.1, 0.15) is 18.1 Å². The van der Waals surface area contributed by atoms with Crippen molar-refractivity contribution in [2.75, 3.05) is 13.2 Å². The zero-order chi connectivity index (χ0) is 13.1. The lowest BCUT2D eigenvalue weighted by Gasteiger charge is -2.07. The molecule has 0 atom stereocenters. The smallest absolute Gasteiger partial charge is 0.120 e. The van der Waals surface area contributed by atoms with Crippen LogP contribution in [0.2, 0.25) is 0 Å². The van der Waals surface area contributed by atoms with Crippen LogP contribution < -0.4 is 9.47 Å². The van der Waals surface area contributed by atoms with Gasteiger partial charge in [-0.3, -0.25) is 0 Å². The monoisotopic (exact) mass is 248 g/mol. The summed E-state index contributed by atoms with van der Waals surface area (Å²) in [5.41, 5.74) is 0. The molecule has 1 aromatic carbocycles. The molecule has 0 aliphatic rings. The van der Waals surface area contributed by atoms with E-state index in [1.165, 1.54) is 19.3 Å². The van der Waals surface area contributed by atoms with E-state index in [2.05, 4.69) is 6.92 Å². The molecule has 2 nitrogen and oxygen atoms in total. The lowest BCUT2D eigenvalue weighted by molar-refractivity contribution is 0.304. The SMILES string of the molecule is C/C=C\COc1ccc(OCCCCCC)cc1. The Hall–Kier alpha value is -1.44. The van der Waals surface area contributed by atoms with E-state index in [1.54, 1.807) is 0 Å². The minimum absolute atomic E-state index is 0.619. The Labute approximate surface area is 111 Å². The second-order valence-corrected chi connectivity index (χ2v) is 4.26. The normalized spacial score (nSPS) is 10.8. The van der Waals surface area contributed by atoms with Gasteiger partial charge in [0, 0.05) is 0 Å². The number of unbranched alkanes of at least 4 members (excludes halogenated alkanes) is 3. The fourth-order valence-electron chi connectivity index (χ4n) is 1.59. The molecule has 0 aromatic heterocycles. The maximum Gasteiger partial charge on any atom is 0.120 e. The molecule has 0 amide bonds. The summed E-state index contributed by atoms with van der Waals surface area (Å²) in [5.74, 6) is 1.80. The van der Waals surface area contributed by atoms with Crippen LogP contribution in [-0.2, 0) is 0 Å². The molecule has 0 spiro atoms. The zero-order valence-corrected chi connectivity index (χ0v) is 11.5. The predicted octanol–water partition coefficient (Wildman–Crippen LogP) is 4.60. The van der Waals surface area contributed by atoms with Crippen LogP contribution in [0.5, 0.6) is 11.5 Å². The molecule has 18 heavy (non-hydrogen) atoms. The summed E-state index contributed by atoms with van der Waals surface area (Å²) < 4.78 is 11.2. The Balaban J connectivity index is 2.23. The Morgan fingerprint density at radius 2 is 1.61 bits per heavy atom. The van der Waals surface area contributed by atoms with Crippen LogP contribution in [0.4, 0.5) is 0 Å². The van der Waals surface area contributed by atoms with Crippen LogP contribution in [0.25, 0.3) is 0 Å². The maximum absolute atomic E-state index is 5.66. The highest BCUT2D eigenvalue weighted by molar-refractivity contribution is 5.31. The van der Waals surface area contributed by atoms with Gasteiger partial charge in [-0.15, -0.1) is 0 Å². The third kappa shape index (κ3) is 6.33. The molecule has 0 heterocycles. The molecule has 0 aliphatic carbocycles. The van der Waals surface area contributed by atoms with Gasteiger partial charge in [-0.25, -0.2) is 0 Å². The summed E-state index contributed by atoms with van der Waals surface area (Å²) in [6.45, 7) is 5.62. The molecule has 2 heteroatoms. The minimum Gasteiger partial charge on any atom is -0.494 e.